The van der Waals surface area contributed by atoms with Gasteiger partial charge >= 0.3 is 11.9 Å². The van der Waals surface area contributed by atoms with Gasteiger partial charge < -0.3 is 24.8 Å². The average molecular weight is 1130 g/mol. The van der Waals surface area contributed by atoms with Crippen LogP contribution < -0.4 is 0 Å². The zero-order valence-corrected chi connectivity index (χ0v) is 50.5. The van der Waals surface area contributed by atoms with Crippen LogP contribution in [0.2, 0.25) is 0 Å². The van der Waals surface area contributed by atoms with E-state index in [1.807, 2.05) is 0 Å². The van der Waals surface area contributed by atoms with Crippen LogP contribution in [0, 0.1) is 74.4 Å². The van der Waals surface area contributed by atoms with E-state index < -0.39 is 57.4 Å². The Morgan fingerprint density at radius 3 is 2.35 bits per heavy atom. The fourth-order valence-corrected chi connectivity index (χ4v) is 23.3. The van der Waals surface area contributed by atoms with Crippen LogP contribution in [-0.2, 0) is 30.9 Å². The second-order valence-electron chi connectivity index (χ2n) is 30.5. The maximum Gasteiger partial charge on any atom is 0.331 e. The molecular formula is C77H92O7. The zero-order valence-electron chi connectivity index (χ0n) is 50.5. The molecule has 3 heterocycles. The molecule has 6 saturated carbocycles. The SMILES string of the molecule is C[C@H](CCCc1ccccc1)C[C@H]1/C=C/[C@H]2CCCC[C@]23CC#C[C@@]2(C)C[C@@H](OC3=O)[C@H]3[C@](C)([C@@H]4CC[C@@]56CC[C@H]7C[C@@]8(c9ccccc9)CCCC[C@H]8c8ccc9cccc(c9c8[C@H]75)[C@H]6C4)CC[C@@H](O)[C@@]3([C@@H]1O)[C@@]2(O)CCC1=CC(=O)OC1. The largest absolute Gasteiger partial charge is 0.462 e. The highest BCUT2D eigenvalue weighted by Crippen LogP contribution is 2.78. The van der Waals surface area contributed by atoms with E-state index in [2.05, 4.69) is 136 Å². The number of esters is 2. The molecule has 0 amide bonds. The monoisotopic (exact) mass is 1130 g/mol. The summed E-state index contributed by atoms with van der Waals surface area (Å²) in [7, 11) is 0. The third-order valence-electron chi connectivity index (χ3n) is 27.0. The van der Waals surface area contributed by atoms with Gasteiger partial charge in [0.2, 0.25) is 0 Å². The molecule has 7 heteroatoms. The van der Waals surface area contributed by atoms with Crippen LogP contribution in [0.1, 0.15) is 214 Å². The first-order chi connectivity index (χ1) is 40.7. The summed E-state index contributed by atoms with van der Waals surface area (Å²) in [5.41, 5.74) is 2.73. The Morgan fingerprint density at radius 1 is 0.750 bits per heavy atom. The van der Waals surface area contributed by atoms with Gasteiger partial charge in [-0.1, -0.05) is 155 Å². The number of allylic oxidation sites excluding steroid dienone is 1. The Balaban J connectivity index is 0.886. The number of cyclic esters (lactones) is 1. The van der Waals surface area contributed by atoms with E-state index in [1.54, 1.807) is 22.8 Å². The van der Waals surface area contributed by atoms with Crippen molar-refractivity contribution < 1.29 is 34.4 Å². The number of aliphatic hydroxyl groups excluding tert-OH is 2. The number of hydrogen-bond acceptors (Lipinski definition) is 7. The van der Waals surface area contributed by atoms with Crippen molar-refractivity contribution in [2.24, 2.45) is 62.6 Å². The predicted molar refractivity (Wildman–Crippen MR) is 330 cm³/mol. The van der Waals surface area contributed by atoms with E-state index in [0.29, 0.717) is 68.6 Å². The van der Waals surface area contributed by atoms with Gasteiger partial charge in [-0.05, 0) is 212 Å². The van der Waals surface area contributed by atoms with Crippen molar-refractivity contribution in [1.82, 2.24) is 0 Å². The van der Waals surface area contributed by atoms with Crippen molar-refractivity contribution in [2.75, 3.05) is 6.61 Å². The van der Waals surface area contributed by atoms with Gasteiger partial charge in [-0.15, -0.1) is 5.92 Å². The smallest absolute Gasteiger partial charge is 0.331 e. The third-order valence-corrected chi connectivity index (χ3v) is 27.0. The molecular weight excluding hydrogens is 1040 g/mol. The van der Waals surface area contributed by atoms with E-state index >= 15 is 9.90 Å². The molecule has 2 spiro atoms. The van der Waals surface area contributed by atoms with E-state index in [9.17, 15) is 15.0 Å². The van der Waals surface area contributed by atoms with E-state index in [0.717, 1.165) is 63.4 Å². The summed E-state index contributed by atoms with van der Waals surface area (Å²) in [5, 5.41) is 46.5. The molecule has 4 aromatic carbocycles. The van der Waals surface area contributed by atoms with Crippen LogP contribution in [0.3, 0.4) is 0 Å². The van der Waals surface area contributed by atoms with Gasteiger partial charge in [0, 0.05) is 36.2 Å². The van der Waals surface area contributed by atoms with E-state index in [1.165, 1.54) is 66.8 Å². The Bertz CT molecular complexity index is 3350. The van der Waals surface area contributed by atoms with Crippen molar-refractivity contribution in [3.63, 3.8) is 0 Å². The van der Waals surface area contributed by atoms with E-state index in [-0.39, 0.29) is 53.6 Å². The lowest BCUT2D eigenvalue weighted by Crippen LogP contribution is -2.80. The Kier molecular flexibility index (Phi) is 13.6. The molecule has 4 bridgehead atoms. The number of fused-ring (bicyclic) bond motifs is 5. The van der Waals surface area contributed by atoms with Crippen LogP contribution in [-0.4, -0.2) is 57.8 Å². The molecule has 84 heavy (non-hydrogen) atoms. The van der Waals surface area contributed by atoms with Crippen molar-refractivity contribution >= 4 is 22.7 Å². The number of ether oxygens (including phenoxy) is 2. The summed E-state index contributed by atoms with van der Waals surface area (Å²) in [6.45, 7) is 7.01. The van der Waals surface area contributed by atoms with E-state index in [4.69, 9.17) is 9.47 Å². The molecule has 6 fully saturated rings. The summed E-state index contributed by atoms with van der Waals surface area (Å²) in [4.78, 5) is 28.8. The summed E-state index contributed by atoms with van der Waals surface area (Å²) >= 11 is 0. The van der Waals surface area contributed by atoms with Crippen molar-refractivity contribution in [3.8, 4) is 11.8 Å². The lowest BCUT2D eigenvalue weighted by molar-refractivity contribution is -0.343. The van der Waals surface area contributed by atoms with Gasteiger partial charge in [0.15, 0.2) is 0 Å². The Labute approximate surface area is 500 Å². The molecule has 442 valence electrons. The minimum atomic E-state index is -1.79. The highest BCUT2D eigenvalue weighted by Gasteiger charge is 2.79. The first kappa shape index (κ1) is 55.6. The van der Waals surface area contributed by atoms with Gasteiger partial charge in [0.25, 0.3) is 0 Å². The maximum atomic E-state index is 16.0. The quantitative estimate of drug-likeness (QED) is 0.0779. The van der Waals surface area contributed by atoms with Crippen molar-refractivity contribution in [1.29, 1.82) is 0 Å². The van der Waals surface area contributed by atoms with Gasteiger partial charge in [-0.3, -0.25) is 4.79 Å². The minimum Gasteiger partial charge on any atom is -0.462 e. The fourth-order valence-electron chi connectivity index (χ4n) is 23.3. The molecule has 3 N–H and O–H groups in total. The molecule has 3 aliphatic heterocycles. The summed E-state index contributed by atoms with van der Waals surface area (Å²) in [6.07, 6.45) is 24.2. The van der Waals surface area contributed by atoms with Gasteiger partial charge in [0.1, 0.15) is 12.7 Å². The zero-order chi connectivity index (χ0) is 57.4. The Hall–Kier alpha value is -5.00. The van der Waals surface area contributed by atoms with Crippen molar-refractivity contribution in [3.05, 3.63) is 143 Å². The predicted octanol–water partition coefficient (Wildman–Crippen LogP) is 15.5. The van der Waals surface area contributed by atoms with Gasteiger partial charge in [-0.25, -0.2) is 4.79 Å². The van der Waals surface area contributed by atoms with Crippen LogP contribution in [0.5, 0.6) is 0 Å². The third kappa shape index (κ3) is 7.99. The standard InChI is InChI=1S/C77H92O7/c1-49(17-14-20-50-18-6-4-7-19-50)43-53-27-29-56-24-10-12-36-73(56)38-16-35-71(2)47-62(84-70(73)81)68-72(3,39-34-63(78)77(68,69(53)80)76(71,82)42-31-51-44-64(79)83-48-51)57-33-41-74-40-32-54-46-75(55-22-8-5-9-23-55)37-13-11-26-60(75)59-30-28-52-21-15-25-58(61(74)45-57)65(52)66(59)67(54)74/h4-9,15,18-19,21-23,25,27-30,44,49,53-54,56-57,60-63,67-69,78,80,82H,10-14,17,20,24,26,31-34,36-43,45-48H2,1-3H3/b29-27+/t49-,53-,54+,56-,57-,60+,61-,62-,63-,67+,68+,69-,71+,72+,73+,74-,75-,76-,77-/m1/s1. The fraction of sp³-hybridized carbons (Fsp3) is 0.610. The molecule has 8 aliphatic carbocycles. The first-order valence-electron chi connectivity index (χ1n) is 33.7. The maximum absolute atomic E-state index is 16.0. The molecule has 0 radical (unpaired) electrons. The molecule has 4 aromatic rings. The minimum absolute atomic E-state index is 0.0966. The second kappa shape index (κ2) is 20.6. The number of hydrogen-bond donors (Lipinski definition) is 3. The second-order valence-corrected chi connectivity index (χ2v) is 30.5. The van der Waals surface area contributed by atoms with Gasteiger partial charge in [-0.2, -0.15) is 0 Å². The highest BCUT2D eigenvalue weighted by atomic mass is 16.5. The number of aliphatic hydroxyl groups is 3. The number of rotatable bonds is 11. The molecule has 19 atom stereocenters. The molecule has 0 aromatic heterocycles. The first-order valence-corrected chi connectivity index (χ1v) is 33.7. The van der Waals surface area contributed by atoms with Crippen LogP contribution >= 0.6 is 0 Å². The lowest BCUT2D eigenvalue weighted by atomic mass is 9.34. The Morgan fingerprint density at radius 2 is 1.54 bits per heavy atom. The summed E-state index contributed by atoms with van der Waals surface area (Å²) in [5.74, 6) is 7.93. The van der Waals surface area contributed by atoms with Gasteiger partial charge in [0.05, 0.1) is 34.1 Å². The topological polar surface area (TPSA) is 113 Å². The summed E-state index contributed by atoms with van der Waals surface area (Å²) < 4.78 is 13.0. The highest BCUT2D eigenvalue weighted by molar-refractivity contribution is 5.93. The van der Waals surface area contributed by atoms with Crippen LogP contribution in [0.4, 0.5) is 0 Å². The molecule has 0 unspecified atom stereocenters. The van der Waals surface area contributed by atoms with Crippen molar-refractivity contribution in [2.45, 2.75) is 222 Å². The molecule has 11 aliphatic rings. The number of aryl methyl sites for hydroxylation is 1. The molecule has 7 nitrogen and oxygen atoms in total. The number of carbonyl (C=O) groups excluding carboxylic acids is 2. The molecule has 15 rings (SSSR count). The normalized spacial score (nSPS) is 43.1. The number of carbonyl (C=O) groups is 2. The van der Waals surface area contributed by atoms with Crippen LogP contribution in [0.15, 0.2) is 115 Å². The lowest BCUT2D eigenvalue weighted by Gasteiger charge is -2.72. The average Bonchev–Trinajstić information content (AvgIpc) is 0.967. The summed E-state index contributed by atoms with van der Waals surface area (Å²) in [6, 6.07) is 34.7. The van der Waals surface area contributed by atoms with Crippen LogP contribution in [0.25, 0.3) is 10.8 Å². The number of benzene rings is 4. The molecule has 0 saturated heterocycles.